The van der Waals surface area contributed by atoms with Crippen LogP contribution < -0.4 is 0 Å². The summed E-state index contributed by atoms with van der Waals surface area (Å²) >= 11 is 0. The van der Waals surface area contributed by atoms with Crippen molar-refractivity contribution >= 4 is 5.91 Å². The Labute approximate surface area is 144 Å². The zero-order valence-corrected chi connectivity index (χ0v) is 14.8. The molecular formula is C20H28N2O2. The number of amides is 1. The van der Waals surface area contributed by atoms with Gasteiger partial charge in [-0.05, 0) is 69.0 Å². The van der Waals surface area contributed by atoms with E-state index in [4.69, 9.17) is 0 Å². The van der Waals surface area contributed by atoms with Gasteiger partial charge < -0.3 is 14.9 Å². The van der Waals surface area contributed by atoms with E-state index in [0.717, 1.165) is 45.3 Å². The van der Waals surface area contributed by atoms with Gasteiger partial charge in [0.1, 0.15) is 5.75 Å². The summed E-state index contributed by atoms with van der Waals surface area (Å²) in [6, 6.07) is 6.02. The molecule has 2 aliphatic heterocycles. The summed E-state index contributed by atoms with van der Waals surface area (Å²) < 4.78 is 0. The number of likely N-dealkylation sites (N-methyl/N-ethyl adjacent to an activating group) is 1. The number of carbonyl (C=O) groups excluding carboxylic acids is 1. The molecule has 2 saturated heterocycles. The Hall–Kier alpha value is -1.55. The number of fused-ring (bicyclic) bond motifs is 4. The predicted octanol–water partition coefficient (Wildman–Crippen LogP) is 2.54. The van der Waals surface area contributed by atoms with E-state index in [1.54, 1.807) is 6.07 Å². The number of piperidine rings is 2. The second-order valence-corrected chi connectivity index (χ2v) is 8.12. The van der Waals surface area contributed by atoms with Gasteiger partial charge in [-0.25, -0.2) is 0 Å². The summed E-state index contributed by atoms with van der Waals surface area (Å²) in [6.45, 7) is 5.08. The number of benzene rings is 1. The fourth-order valence-electron chi connectivity index (χ4n) is 5.23. The molecule has 4 rings (SSSR count). The van der Waals surface area contributed by atoms with Gasteiger partial charge in [-0.2, -0.15) is 0 Å². The Bertz CT molecular complexity index is 653. The molecule has 2 fully saturated rings. The van der Waals surface area contributed by atoms with E-state index in [1.807, 2.05) is 6.07 Å². The average Bonchev–Trinajstić information content (AvgIpc) is 2.59. The fourth-order valence-corrected chi connectivity index (χ4v) is 5.23. The van der Waals surface area contributed by atoms with Crippen LogP contribution in [0.25, 0.3) is 0 Å². The van der Waals surface area contributed by atoms with Crippen LogP contribution in [0.15, 0.2) is 18.2 Å². The van der Waals surface area contributed by atoms with Crippen molar-refractivity contribution in [1.82, 2.24) is 9.80 Å². The second kappa shape index (κ2) is 5.76. The monoisotopic (exact) mass is 328 g/mol. The molecular weight excluding hydrogens is 300 g/mol. The molecule has 1 aliphatic carbocycles. The van der Waals surface area contributed by atoms with Crippen LogP contribution in [0.1, 0.15) is 43.7 Å². The van der Waals surface area contributed by atoms with E-state index in [-0.39, 0.29) is 17.4 Å². The Morgan fingerprint density at radius 3 is 2.71 bits per heavy atom. The van der Waals surface area contributed by atoms with Gasteiger partial charge >= 0.3 is 0 Å². The molecule has 4 heteroatoms. The number of phenolic OH excluding ortho intramolecular Hbond substituents is 1. The first-order chi connectivity index (χ1) is 11.5. The van der Waals surface area contributed by atoms with Crippen molar-refractivity contribution in [2.75, 3.05) is 26.7 Å². The number of phenols is 1. The largest absolute Gasteiger partial charge is 0.508 e. The van der Waals surface area contributed by atoms with Gasteiger partial charge in [0.15, 0.2) is 0 Å². The minimum absolute atomic E-state index is 0.00338. The third kappa shape index (κ3) is 2.34. The molecule has 0 aromatic heterocycles. The van der Waals surface area contributed by atoms with Gasteiger partial charge in [0.05, 0.1) is 5.92 Å². The summed E-state index contributed by atoms with van der Waals surface area (Å²) in [4.78, 5) is 17.9. The van der Waals surface area contributed by atoms with Crippen LogP contribution in [-0.4, -0.2) is 53.5 Å². The number of rotatable bonds is 1. The van der Waals surface area contributed by atoms with Crippen molar-refractivity contribution in [3.8, 4) is 5.75 Å². The Balaban J connectivity index is 1.76. The maximum absolute atomic E-state index is 13.4. The number of hydrogen-bond donors (Lipinski definition) is 1. The van der Waals surface area contributed by atoms with Crippen molar-refractivity contribution in [1.29, 1.82) is 0 Å². The molecule has 0 radical (unpaired) electrons. The first kappa shape index (κ1) is 15.9. The molecule has 24 heavy (non-hydrogen) atoms. The third-order valence-electron chi connectivity index (χ3n) is 6.69. The summed E-state index contributed by atoms with van der Waals surface area (Å²) in [5.74, 6) is 0.655. The SMILES string of the molecule is CN1CC[C@]2(C)c3cc(O)ccc3C[C@@H]1[C@H]2C(=O)N1CCCCC1. The van der Waals surface area contributed by atoms with Gasteiger partial charge in [-0.15, -0.1) is 0 Å². The van der Waals surface area contributed by atoms with E-state index in [9.17, 15) is 9.90 Å². The zero-order valence-electron chi connectivity index (χ0n) is 14.8. The first-order valence-corrected chi connectivity index (χ1v) is 9.32. The maximum atomic E-state index is 13.4. The molecule has 3 atom stereocenters. The lowest BCUT2D eigenvalue weighted by molar-refractivity contribution is -0.145. The van der Waals surface area contributed by atoms with Crippen molar-refractivity contribution in [2.45, 2.75) is 50.5 Å². The van der Waals surface area contributed by atoms with Crippen molar-refractivity contribution in [2.24, 2.45) is 5.92 Å². The summed E-state index contributed by atoms with van der Waals surface area (Å²) in [7, 11) is 2.16. The smallest absolute Gasteiger partial charge is 0.228 e. The van der Waals surface area contributed by atoms with Crippen LogP contribution in [0, 0.1) is 5.92 Å². The van der Waals surface area contributed by atoms with Crippen LogP contribution >= 0.6 is 0 Å². The van der Waals surface area contributed by atoms with Crippen LogP contribution in [0.4, 0.5) is 0 Å². The van der Waals surface area contributed by atoms with Gasteiger partial charge in [0, 0.05) is 24.5 Å². The lowest BCUT2D eigenvalue weighted by Crippen LogP contribution is -2.62. The van der Waals surface area contributed by atoms with Gasteiger partial charge in [0.2, 0.25) is 5.91 Å². The van der Waals surface area contributed by atoms with Crippen LogP contribution in [0.5, 0.6) is 5.75 Å². The highest BCUT2D eigenvalue weighted by molar-refractivity contribution is 5.82. The molecule has 4 nitrogen and oxygen atoms in total. The standard InChI is InChI=1S/C20H28N2O2/c1-20-8-11-21(2)17(12-14-6-7-15(23)13-16(14)20)18(20)19(24)22-9-4-3-5-10-22/h6-7,13,17-18,23H,3-5,8-12H2,1-2H3/t17-,18+,20-/m1/s1. The molecule has 3 aliphatic rings. The topological polar surface area (TPSA) is 43.8 Å². The molecule has 2 bridgehead atoms. The van der Waals surface area contributed by atoms with Crippen LogP contribution in [0.3, 0.4) is 0 Å². The molecule has 1 N–H and O–H groups in total. The average molecular weight is 328 g/mol. The number of likely N-dealkylation sites (tertiary alicyclic amines) is 2. The number of nitrogens with zero attached hydrogens (tertiary/aromatic N) is 2. The third-order valence-corrected chi connectivity index (χ3v) is 6.69. The van der Waals surface area contributed by atoms with E-state index in [0.29, 0.717) is 11.7 Å². The van der Waals surface area contributed by atoms with Gasteiger partial charge in [-0.3, -0.25) is 4.79 Å². The van der Waals surface area contributed by atoms with Crippen molar-refractivity contribution < 1.29 is 9.90 Å². The molecule has 1 amide bonds. The van der Waals surface area contributed by atoms with Gasteiger partial charge in [0.25, 0.3) is 0 Å². The highest BCUT2D eigenvalue weighted by atomic mass is 16.3. The zero-order chi connectivity index (χ0) is 16.9. The Morgan fingerprint density at radius 2 is 1.96 bits per heavy atom. The second-order valence-electron chi connectivity index (χ2n) is 8.12. The molecule has 1 aromatic rings. The van der Waals surface area contributed by atoms with E-state index >= 15 is 0 Å². The molecule has 0 spiro atoms. The first-order valence-electron chi connectivity index (χ1n) is 9.32. The quantitative estimate of drug-likeness (QED) is 0.861. The molecule has 1 aromatic carbocycles. The van der Waals surface area contributed by atoms with Crippen LogP contribution in [-0.2, 0) is 16.6 Å². The van der Waals surface area contributed by atoms with E-state index in [1.165, 1.54) is 17.5 Å². The normalized spacial score (nSPS) is 33.2. The highest BCUT2D eigenvalue weighted by Gasteiger charge is 2.54. The van der Waals surface area contributed by atoms with Crippen molar-refractivity contribution in [3.63, 3.8) is 0 Å². The summed E-state index contributed by atoms with van der Waals surface area (Å²) in [5.41, 5.74) is 2.33. The Morgan fingerprint density at radius 1 is 1.21 bits per heavy atom. The van der Waals surface area contributed by atoms with Crippen LogP contribution in [0.2, 0.25) is 0 Å². The maximum Gasteiger partial charge on any atom is 0.228 e. The summed E-state index contributed by atoms with van der Waals surface area (Å²) in [5, 5.41) is 10.0. The predicted molar refractivity (Wildman–Crippen MR) is 94.1 cm³/mol. The summed E-state index contributed by atoms with van der Waals surface area (Å²) in [6.07, 6.45) is 5.39. The fraction of sp³-hybridized carbons (Fsp3) is 0.650. The molecule has 0 unspecified atom stereocenters. The lowest BCUT2D eigenvalue weighted by Gasteiger charge is -2.55. The minimum atomic E-state index is -0.169. The molecule has 2 heterocycles. The van der Waals surface area contributed by atoms with E-state index < -0.39 is 0 Å². The molecule has 130 valence electrons. The number of carbonyl (C=O) groups is 1. The molecule has 0 saturated carbocycles. The van der Waals surface area contributed by atoms with Crippen molar-refractivity contribution in [3.05, 3.63) is 29.3 Å². The lowest BCUT2D eigenvalue weighted by atomic mass is 9.58. The number of hydrogen-bond acceptors (Lipinski definition) is 3. The van der Waals surface area contributed by atoms with Gasteiger partial charge in [-0.1, -0.05) is 13.0 Å². The number of aromatic hydroxyl groups is 1. The van der Waals surface area contributed by atoms with E-state index in [2.05, 4.69) is 29.8 Å². The highest BCUT2D eigenvalue weighted by Crippen LogP contribution is 2.49. The minimum Gasteiger partial charge on any atom is -0.508 e. The Kier molecular flexibility index (Phi) is 3.83.